The number of allylic oxidation sites excluding steroid dienone is 1. The first kappa shape index (κ1) is 27.2. The Morgan fingerprint density at radius 1 is 1.00 bits per heavy atom. The summed E-state index contributed by atoms with van der Waals surface area (Å²) in [5.74, 6) is -0.286. The monoisotopic (exact) mass is 587 g/mol. The highest BCUT2D eigenvalue weighted by atomic mass is 35.5. The van der Waals surface area contributed by atoms with Gasteiger partial charge in [-0.05, 0) is 74.2 Å². The molecule has 1 atom stereocenters. The summed E-state index contributed by atoms with van der Waals surface area (Å²) >= 11 is 6.28. The van der Waals surface area contributed by atoms with E-state index in [2.05, 4.69) is 9.71 Å². The van der Waals surface area contributed by atoms with Gasteiger partial charge in [-0.15, -0.1) is 0 Å². The molecule has 0 saturated carbocycles. The van der Waals surface area contributed by atoms with Crippen LogP contribution in [0.25, 0.3) is 16.7 Å². The van der Waals surface area contributed by atoms with E-state index in [0.717, 1.165) is 11.1 Å². The van der Waals surface area contributed by atoms with Gasteiger partial charge in [0.05, 0.1) is 22.6 Å². The smallest absolute Gasteiger partial charge is 0.320 e. The molecule has 0 saturated heterocycles. The summed E-state index contributed by atoms with van der Waals surface area (Å²) in [6.45, 7) is 4.13. The standard InChI is InChI=1S/C31H26ClN3O5S/c1-19-16-21(17-20(2)28(19)32)40-15-7-12-24-23-10-6-11-25-26-18-33-14-13-27(26)35(37,29(23)25)30(24)31(36)34-41(38,39)22-8-4-3-5-9-22/h3-6,8-11,13-14,16-18H,7,12,15H2,1-2H3,(H,34,36). The first-order valence-electron chi connectivity index (χ1n) is 13.1. The number of rotatable bonds is 8. The number of nitrogens with zero attached hydrogens (tertiary/aromatic N) is 2. The number of carbonyl (C=O) groups is 1. The van der Waals surface area contributed by atoms with E-state index in [4.69, 9.17) is 16.3 Å². The molecule has 10 heteroatoms. The molecule has 2 aliphatic heterocycles. The predicted molar refractivity (Wildman–Crippen MR) is 159 cm³/mol. The minimum absolute atomic E-state index is 0.0721. The molecule has 1 N–H and O–H groups in total. The Balaban J connectivity index is 1.37. The Morgan fingerprint density at radius 2 is 1.71 bits per heavy atom. The second-order valence-corrected chi connectivity index (χ2v) is 12.2. The normalized spacial score (nSPS) is 16.9. The number of amides is 1. The second-order valence-electron chi connectivity index (χ2n) is 10.1. The number of hydroxylamine groups is 1. The van der Waals surface area contributed by atoms with Crippen molar-refractivity contribution in [2.45, 2.75) is 31.6 Å². The fourth-order valence-electron chi connectivity index (χ4n) is 5.67. The molecular formula is C31H26ClN3O5S. The van der Waals surface area contributed by atoms with Crippen LogP contribution in [0.2, 0.25) is 5.02 Å². The van der Waals surface area contributed by atoms with Gasteiger partial charge in [-0.1, -0.05) is 35.9 Å². The lowest BCUT2D eigenvalue weighted by molar-refractivity contribution is -0.116. The molecule has 8 nitrogen and oxygen atoms in total. The zero-order chi connectivity index (χ0) is 28.9. The summed E-state index contributed by atoms with van der Waals surface area (Å²) in [6.07, 6.45) is 3.89. The van der Waals surface area contributed by atoms with Gasteiger partial charge in [-0.3, -0.25) is 14.4 Å². The summed E-state index contributed by atoms with van der Waals surface area (Å²) < 4.78 is 33.2. The maximum absolute atomic E-state index is 14.9. The summed E-state index contributed by atoms with van der Waals surface area (Å²) in [4.78, 5) is 18.0. The zero-order valence-electron chi connectivity index (χ0n) is 22.3. The summed E-state index contributed by atoms with van der Waals surface area (Å²) in [7, 11) is -4.23. The van der Waals surface area contributed by atoms with Crippen molar-refractivity contribution in [1.29, 1.82) is 0 Å². The maximum atomic E-state index is 14.9. The Labute approximate surface area is 243 Å². The lowest BCUT2D eigenvalue weighted by Crippen LogP contribution is -2.43. The molecule has 0 aliphatic carbocycles. The minimum Gasteiger partial charge on any atom is -0.616 e. The number of pyridine rings is 1. The van der Waals surface area contributed by atoms with Crippen molar-refractivity contribution < 1.29 is 17.9 Å². The molecular weight excluding hydrogens is 562 g/mol. The molecule has 3 aromatic carbocycles. The van der Waals surface area contributed by atoms with Crippen LogP contribution in [-0.4, -0.2) is 25.9 Å². The van der Waals surface area contributed by atoms with Crippen LogP contribution in [0.3, 0.4) is 0 Å². The number of aromatic nitrogens is 1. The lowest BCUT2D eigenvalue weighted by atomic mass is 9.96. The molecule has 6 rings (SSSR count). The largest absolute Gasteiger partial charge is 0.616 e. The molecule has 41 heavy (non-hydrogen) atoms. The number of ether oxygens (including phenoxy) is 1. The number of benzene rings is 3. The number of sulfonamides is 1. The predicted octanol–water partition coefficient (Wildman–Crippen LogP) is 6.56. The third kappa shape index (κ3) is 4.42. The van der Waals surface area contributed by atoms with Gasteiger partial charge in [0.15, 0.2) is 11.4 Å². The van der Waals surface area contributed by atoms with Gasteiger partial charge in [0.25, 0.3) is 10.0 Å². The number of halogens is 1. The van der Waals surface area contributed by atoms with Crippen molar-refractivity contribution in [3.05, 3.63) is 112 Å². The number of aryl methyl sites for hydroxylation is 2. The molecule has 0 bridgehead atoms. The first-order chi connectivity index (χ1) is 19.6. The Kier molecular flexibility index (Phi) is 6.70. The first-order valence-corrected chi connectivity index (χ1v) is 14.9. The molecule has 3 heterocycles. The number of nitrogens with one attached hydrogen (secondary N) is 1. The maximum Gasteiger partial charge on any atom is 0.320 e. The van der Waals surface area contributed by atoms with E-state index in [9.17, 15) is 18.4 Å². The summed E-state index contributed by atoms with van der Waals surface area (Å²) in [5, 5.41) is 15.6. The number of para-hydroxylation sites is 1. The van der Waals surface area contributed by atoms with Crippen LogP contribution in [0.1, 0.15) is 29.5 Å². The van der Waals surface area contributed by atoms with Gasteiger partial charge in [-0.25, -0.2) is 13.1 Å². The van der Waals surface area contributed by atoms with Gasteiger partial charge in [-0.2, -0.15) is 0 Å². The van der Waals surface area contributed by atoms with E-state index in [0.29, 0.717) is 63.9 Å². The van der Waals surface area contributed by atoms with Crippen molar-refractivity contribution in [2.75, 3.05) is 6.61 Å². The summed E-state index contributed by atoms with van der Waals surface area (Å²) in [5.41, 5.74) is 4.77. The highest BCUT2D eigenvalue weighted by Gasteiger charge is 2.52. The van der Waals surface area contributed by atoms with Gasteiger partial charge in [0.2, 0.25) is 5.70 Å². The molecule has 0 fully saturated rings. The molecule has 1 unspecified atom stereocenters. The number of carbonyl (C=O) groups excluding carboxylic acids is 1. The number of hydrogen-bond acceptors (Lipinski definition) is 6. The van der Waals surface area contributed by atoms with Gasteiger partial charge in [0, 0.05) is 34.6 Å². The van der Waals surface area contributed by atoms with Crippen LogP contribution < -0.4 is 14.1 Å². The quantitative estimate of drug-likeness (QED) is 0.142. The van der Waals surface area contributed by atoms with Crippen LogP contribution in [-0.2, 0) is 14.8 Å². The molecule has 0 radical (unpaired) electrons. The Morgan fingerprint density at radius 3 is 2.44 bits per heavy atom. The van der Waals surface area contributed by atoms with Gasteiger partial charge in [0.1, 0.15) is 5.75 Å². The fourth-order valence-corrected chi connectivity index (χ4v) is 6.76. The van der Waals surface area contributed by atoms with E-state index < -0.39 is 20.6 Å². The molecule has 208 valence electrons. The lowest BCUT2D eigenvalue weighted by Gasteiger charge is -2.36. The molecule has 1 aromatic heterocycles. The van der Waals surface area contributed by atoms with E-state index in [1.807, 2.05) is 38.1 Å². The highest BCUT2D eigenvalue weighted by Crippen LogP contribution is 2.62. The van der Waals surface area contributed by atoms with Crippen molar-refractivity contribution in [1.82, 2.24) is 14.4 Å². The topological polar surface area (TPSA) is 108 Å². The van der Waals surface area contributed by atoms with Crippen molar-refractivity contribution >= 4 is 44.5 Å². The third-order valence-electron chi connectivity index (χ3n) is 7.45. The van der Waals surface area contributed by atoms with Crippen LogP contribution >= 0.6 is 11.6 Å². The van der Waals surface area contributed by atoms with E-state index in [1.54, 1.807) is 36.5 Å². The number of fused-ring (bicyclic) bond motifs is 3. The van der Waals surface area contributed by atoms with Crippen molar-refractivity contribution in [2.24, 2.45) is 0 Å². The minimum atomic E-state index is -4.23. The molecule has 4 aromatic rings. The van der Waals surface area contributed by atoms with Crippen LogP contribution in [0.15, 0.2) is 89.7 Å². The Bertz CT molecular complexity index is 1830. The van der Waals surface area contributed by atoms with E-state index >= 15 is 0 Å². The van der Waals surface area contributed by atoms with Crippen LogP contribution in [0.5, 0.6) is 5.75 Å². The highest BCUT2D eigenvalue weighted by molar-refractivity contribution is 7.90. The van der Waals surface area contributed by atoms with Crippen LogP contribution in [0.4, 0.5) is 11.4 Å². The average molecular weight is 588 g/mol. The third-order valence-corrected chi connectivity index (χ3v) is 9.39. The average Bonchev–Trinajstić information content (AvgIpc) is 3.38. The second kappa shape index (κ2) is 10.1. The van der Waals surface area contributed by atoms with E-state index in [1.165, 1.54) is 18.3 Å². The number of hydrogen-bond donors (Lipinski definition) is 1. The SMILES string of the molecule is Cc1cc(OCCCC2=C(C(=O)NS(=O)(=O)c3ccccc3)[N+]3([O-])c4ccncc4-c4cccc2c43)cc(C)c1Cl. The Hall–Kier alpha value is -4.02. The van der Waals surface area contributed by atoms with Crippen LogP contribution in [0, 0.1) is 19.1 Å². The van der Waals surface area contributed by atoms with Crippen molar-refractivity contribution in [3.8, 4) is 16.9 Å². The van der Waals surface area contributed by atoms with E-state index in [-0.39, 0.29) is 10.6 Å². The van der Waals surface area contributed by atoms with Gasteiger partial charge < -0.3 is 9.94 Å². The summed E-state index contributed by atoms with van der Waals surface area (Å²) in [6, 6.07) is 18.4. The number of quaternary nitrogens is 1. The fraction of sp³-hybridized carbons (Fsp3) is 0.161. The molecule has 0 spiro atoms. The molecule has 2 aliphatic rings. The molecule has 1 amide bonds. The van der Waals surface area contributed by atoms with Crippen molar-refractivity contribution in [3.63, 3.8) is 0 Å². The van der Waals surface area contributed by atoms with Gasteiger partial charge >= 0.3 is 5.91 Å². The zero-order valence-corrected chi connectivity index (χ0v) is 23.9.